The molecule has 0 saturated carbocycles. The monoisotopic (exact) mass is 248 g/mol. The number of hydrogen-bond donors (Lipinski definition) is 1. The van der Waals surface area contributed by atoms with Crippen molar-refractivity contribution >= 4 is 5.91 Å². The second-order valence-electron chi connectivity index (χ2n) is 4.95. The Labute approximate surface area is 110 Å². The van der Waals surface area contributed by atoms with Gasteiger partial charge in [0.15, 0.2) is 0 Å². The SMILES string of the molecule is Cc1ccccc1CCNCC(=O)N(C)C(C)C. The van der Waals surface area contributed by atoms with Gasteiger partial charge in [-0.1, -0.05) is 24.3 Å². The van der Waals surface area contributed by atoms with Crippen molar-refractivity contribution < 1.29 is 4.79 Å². The lowest BCUT2D eigenvalue weighted by Crippen LogP contribution is -2.39. The molecule has 0 atom stereocenters. The van der Waals surface area contributed by atoms with E-state index in [1.54, 1.807) is 4.90 Å². The minimum Gasteiger partial charge on any atom is -0.342 e. The lowest BCUT2D eigenvalue weighted by Gasteiger charge is -2.21. The van der Waals surface area contributed by atoms with Crippen molar-refractivity contribution in [3.63, 3.8) is 0 Å². The molecule has 0 radical (unpaired) electrons. The number of carbonyl (C=O) groups is 1. The molecule has 0 fully saturated rings. The molecule has 1 amide bonds. The number of hydrogen-bond acceptors (Lipinski definition) is 2. The highest BCUT2D eigenvalue weighted by molar-refractivity contribution is 5.78. The number of carbonyl (C=O) groups excluding carboxylic acids is 1. The fourth-order valence-electron chi connectivity index (χ4n) is 1.72. The number of aryl methyl sites for hydroxylation is 1. The largest absolute Gasteiger partial charge is 0.342 e. The molecule has 1 aromatic rings. The first-order valence-electron chi connectivity index (χ1n) is 6.53. The van der Waals surface area contributed by atoms with Gasteiger partial charge in [-0.05, 0) is 44.9 Å². The minimum absolute atomic E-state index is 0.148. The average molecular weight is 248 g/mol. The van der Waals surface area contributed by atoms with Crippen LogP contribution in [0.4, 0.5) is 0 Å². The highest BCUT2D eigenvalue weighted by Gasteiger charge is 2.10. The Balaban J connectivity index is 2.27. The van der Waals surface area contributed by atoms with E-state index in [1.165, 1.54) is 11.1 Å². The maximum Gasteiger partial charge on any atom is 0.236 e. The van der Waals surface area contributed by atoms with E-state index in [2.05, 4.69) is 30.4 Å². The number of nitrogens with zero attached hydrogens (tertiary/aromatic N) is 1. The molecular weight excluding hydrogens is 224 g/mol. The van der Waals surface area contributed by atoms with Gasteiger partial charge < -0.3 is 10.2 Å². The molecule has 3 nitrogen and oxygen atoms in total. The Morgan fingerprint density at radius 1 is 1.33 bits per heavy atom. The number of amides is 1. The van der Waals surface area contributed by atoms with Gasteiger partial charge in [0.1, 0.15) is 0 Å². The number of rotatable bonds is 6. The zero-order chi connectivity index (χ0) is 13.5. The fourth-order valence-corrected chi connectivity index (χ4v) is 1.72. The van der Waals surface area contributed by atoms with Crippen LogP contribution in [-0.2, 0) is 11.2 Å². The van der Waals surface area contributed by atoms with E-state index >= 15 is 0 Å². The normalized spacial score (nSPS) is 10.7. The van der Waals surface area contributed by atoms with Gasteiger partial charge in [0.25, 0.3) is 0 Å². The van der Waals surface area contributed by atoms with Gasteiger partial charge in [-0.3, -0.25) is 4.79 Å². The topological polar surface area (TPSA) is 32.3 Å². The molecule has 0 aliphatic carbocycles. The Bertz CT molecular complexity index is 388. The standard InChI is InChI=1S/C15H24N2O/c1-12(2)17(4)15(18)11-16-10-9-14-8-6-5-7-13(14)3/h5-8,12,16H,9-11H2,1-4H3. The molecule has 0 saturated heterocycles. The summed E-state index contributed by atoms with van der Waals surface area (Å²) in [4.78, 5) is 13.5. The summed E-state index contributed by atoms with van der Waals surface area (Å²) in [5.74, 6) is 0.148. The molecule has 0 unspecified atom stereocenters. The lowest BCUT2D eigenvalue weighted by molar-refractivity contribution is -0.130. The van der Waals surface area contributed by atoms with Gasteiger partial charge in [0.2, 0.25) is 5.91 Å². The summed E-state index contributed by atoms with van der Waals surface area (Å²) in [7, 11) is 1.84. The smallest absolute Gasteiger partial charge is 0.236 e. The molecule has 0 aromatic heterocycles. The second-order valence-corrected chi connectivity index (χ2v) is 4.95. The quantitative estimate of drug-likeness (QED) is 0.781. The molecule has 0 aliphatic heterocycles. The molecule has 0 aliphatic rings. The van der Waals surface area contributed by atoms with Crippen molar-refractivity contribution in [2.75, 3.05) is 20.1 Å². The molecule has 0 heterocycles. The Morgan fingerprint density at radius 2 is 2.00 bits per heavy atom. The van der Waals surface area contributed by atoms with Crippen LogP contribution in [0, 0.1) is 6.92 Å². The van der Waals surface area contributed by atoms with E-state index in [4.69, 9.17) is 0 Å². The van der Waals surface area contributed by atoms with Gasteiger partial charge in [-0.25, -0.2) is 0 Å². The molecule has 1 rings (SSSR count). The van der Waals surface area contributed by atoms with E-state index in [-0.39, 0.29) is 11.9 Å². The summed E-state index contributed by atoms with van der Waals surface area (Å²) in [5.41, 5.74) is 2.65. The zero-order valence-corrected chi connectivity index (χ0v) is 11.9. The van der Waals surface area contributed by atoms with E-state index in [0.29, 0.717) is 6.54 Å². The summed E-state index contributed by atoms with van der Waals surface area (Å²) >= 11 is 0. The predicted octanol–water partition coefficient (Wildman–Crippen LogP) is 1.99. The summed E-state index contributed by atoms with van der Waals surface area (Å²) in [6.45, 7) is 7.41. The van der Waals surface area contributed by atoms with Crippen LogP contribution >= 0.6 is 0 Å². The Kier molecular flexibility index (Phi) is 5.86. The van der Waals surface area contributed by atoms with E-state index in [9.17, 15) is 4.79 Å². The number of nitrogens with one attached hydrogen (secondary N) is 1. The number of benzene rings is 1. The van der Waals surface area contributed by atoms with Crippen LogP contribution in [0.3, 0.4) is 0 Å². The van der Waals surface area contributed by atoms with Crippen molar-refractivity contribution in [2.45, 2.75) is 33.2 Å². The highest BCUT2D eigenvalue weighted by Crippen LogP contribution is 2.06. The highest BCUT2D eigenvalue weighted by atomic mass is 16.2. The van der Waals surface area contributed by atoms with E-state index in [1.807, 2.05) is 27.0 Å². The van der Waals surface area contributed by atoms with Gasteiger partial charge in [-0.2, -0.15) is 0 Å². The fraction of sp³-hybridized carbons (Fsp3) is 0.533. The Hall–Kier alpha value is -1.35. The summed E-state index contributed by atoms with van der Waals surface area (Å²) in [5, 5.41) is 3.21. The first kappa shape index (κ1) is 14.7. The average Bonchev–Trinajstić information content (AvgIpc) is 2.35. The predicted molar refractivity (Wildman–Crippen MR) is 75.7 cm³/mol. The van der Waals surface area contributed by atoms with E-state index < -0.39 is 0 Å². The van der Waals surface area contributed by atoms with Gasteiger partial charge >= 0.3 is 0 Å². The van der Waals surface area contributed by atoms with Gasteiger partial charge in [0, 0.05) is 13.1 Å². The van der Waals surface area contributed by atoms with Gasteiger partial charge in [-0.15, -0.1) is 0 Å². The van der Waals surface area contributed by atoms with Crippen LogP contribution in [0.5, 0.6) is 0 Å². The minimum atomic E-state index is 0.148. The molecule has 1 aromatic carbocycles. The van der Waals surface area contributed by atoms with Crippen molar-refractivity contribution in [3.8, 4) is 0 Å². The first-order chi connectivity index (χ1) is 8.52. The summed E-state index contributed by atoms with van der Waals surface area (Å²) in [6.07, 6.45) is 0.964. The first-order valence-corrected chi connectivity index (χ1v) is 6.53. The lowest BCUT2D eigenvalue weighted by atomic mass is 10.1. The van der Waals surface area contributed by atoms with Crippen LogP contribution in [0.15, 0.2) is 24.3 Å². The van der Waals surface area contributed by atoms with Crippen LogP contribution in [0.1, 0.15) is 25.0 Å². The Morgan fingerprint density at radius 3 is 2.61 bits per heavy atom. The van der Waals surface area contributed by atoms with Crippen molar-refractivity contribution in [3.05, 3.63) is 35.4 Å². The van der Waals surface area contributed by atoms with Crippen LogP contribution < -0.4 is 5.32 Å². The van der Waals surface area contributed by atoms with Crippen molar-refractivity contribution in [2.24, 2.45) is 0 Å². The van der Waals surface area contributed by atoms with Crippen LogP contribution in [0.25, 0.3) is 0 Å². The van der Waals surface area contributed by atoms with E-state index in [0.717, 1.165) is 13.0 Å². The molecule has 3 heteroatoms. The maximum absolute atomic E-state index is 11.7. The van der Waals surface area contributed by atoms with Crippen LogP contribution in [0.2, 0.25) is 0 Å². The van der Waals surface area contributed by atoms with Crippen LogP contribution in [-0.4, -0.2) is 37.0 Å². The number of likely N-dealkylation sites (N-methyl/N-ethyl adjacent to an activating group) is 1. The second kappa shape index (κ2) is 7.17. The molecule has 0 bridgehead atoms. The maximum atomic E-state index is 11.7. The molecular formula is C15H24N2O. The van der Waals surface area contributed by atoms with Gasteiger partial charge in [0.05, 0.1) is 6.54 Å². The zero-order valence-electron chi connectivity index (χ0n) is 11.9. The molecule has 0 spiro atoms. The molecule has 100 valence electrons. The molecule has 1 N–H and O–H groups in total. The third kappa shape index (κ3) is 4.49. The summed E-state index contributed by atoms with van der Waals surface area (Å²) in [6, 6.07) is 8.62. The summed E-state index contributed by atoms with van der Waals surface area (Å²) < 4.78 is 0. The third-order valence-electron chi connectivity index (χ3n) is 3.28. The third-order valence-corrected chi connectivity index (χ3v) is 3.28. The molecule has 18 heavy (non-hydrogen) atoms. The van der Waals surface area contributed by atoms with Crippen molar-refractivity contribution in [1.29, 1.82) is 0 Å². The van der Waals surface area contributed by atoms with Crippen molar-refractivity contribution in [1.82, 2.24) is 10.2 Å².